The predicted octanol–water partition coefficient (Wildman–Crippen LogP) is 3.25. The van der Waals surface area contributed by atoms with E-state index >= 15 is 0 Å². The maximum absolute atomic E-state index is 13.6. The first-order valence-corrected chi connectivity index (χ1v) is 12.4. The largest absolute Gasteiger partial charge is 0.497 e. The number of thiazole rings is 1. The fraction of sp³-hybridized carbons (Fsp3) is 0.346. The minimum atomic E-state index is -0.666. The van der Waals surface area contributed by atoms with Crippen LogP contribution < -0.4 is 24.5 Å². The van der Waals surface area contributed by atoms with Gasteiger partial charge in [-0.25, -0.2) is 9.79 Å². The van der Waals surface area contributed by atoms with Crippen molar-refractivity contribution in [3.63, 3.8) is 0 Å². The van der Waals surface area contributed by atoms with Gasteiger partial charge in [-0.3, -0.25) is 9.36 Å². The zero-order chi connectivity index (χ0) is 25.1. The van der Waals surface area contributed by atoms with E-state index in [2.05, 4.69) is 23.7 Å². The monoisotopic (exact) mass is 495 g/mol. The van der Waals surface area contributed by atoms with Gasteiger partial charge in [0.25, 0.3) is 5.56 Å². The molecule has 0 bridgehead atoms. The van der Waals surface area contributed by atoms with Gasteiger partial charge in [0.05, 0.1) is 35.6 Å². The predicted molar refractivity (Wildman–Crippen MR) is 136 cm³/mol. The van der Waals surface area contributed by atoms with Crippen molar-refractivity contribution in [2.75, 3.05) is 31.7 Å². The van der Waals surface area contributed by atoms with Crippen LogP contribution in [0.4, 0.5) is 5.88 Å². The van der Waals surface area contributed by atoms with Gasteiger partial charge in [0.15, 0.2) is 10.7 Å². The van der Waals surface area contributed by atoms with Crippen molar-refractivity contribution in [3.05, 3.63) is 78.7 Å². The first-order chi connectivity index (χ1) is 16.9. The molecule has 3 heterocycles. The molecular weight excluding hydrogens is 466 g/mol. The smallest absolute Gasteiger partial charge is 0.338 e. The number of methoxy groups -OCH3 is 1. The first-order valence-electron chi connectivity index (χ1n) is 11.6. The van der Waals surface area contributed by atoms with Crippen molar-refractivity contribution in [2.24, 2.45) is 4.99 Å². The molecule has 1 aliphatic rings. The highest BCUT2D eigenvalue weighted by molar-refractivity contribution is 7.07. The minimum Gasteiger partial charge on any atom is -0.497 e. The number of fused-ring (bicyclic) bond motifs is 1. The Morgan fingerprint density at radius 1 is 1.17 bits per heavy atom. The summed E-state index contributed by atoms with van der Waals surface area (Å²) in [5.74, 6) is 1.53. The lowest BCUT2D eigenvalue weighted by Crippen LogP contribution is -2.39. The molecule has 0 saturated heterocycles. The molecule has 0 fully saturated rings. The Hall–Kier alpha value is -3.59. The molecule has 1 aromatic carbocycles. The minimum absolute atomic E-state index is 0.225. The molecule has 0 radical (unpaired) electrons. The van der Waals surface area contributed by atoms with Crippen LogP contribution >= 0.6 is 11.3 Å². The Bertz CT molecular complexity index is 1420. The van der Waals surface area contributed by atoms with E-state index in [0.717, 1.165) is 24.5 Å². The molecule has 35 heavy (non-hydrogen) atoms. The number of ether oxygens (including phenoxy) is 2. The van der Waals surface area contributed by atoms with Crippen molar-refractivity contribution in [1.29, 1.82) is 0 Å². The molecule has 184 valence electrons. The molecule has 8 nitrogen and oxygen atoms in total. The number of allylic oxidation sites excluding steroid dienone is 1. The number of benzene rings is 1. The summed E-state index contributed by atoms with van der Waals surface area (Å²) in [4.78, 5) is 33.8. The number of hydrogen-bond acceptors (Lipinski definition) is 8. The van der Waals surface area contributed by atoms with E-state index in [1.165, 1.54) is 11.3 Å². The molecule has 1 atom stereocenters. The highest BCUT2D eigenvalue weighted by atomic mass is 32.1. The number of anilines is 1. The first kappa shape index (κ1) is 24.5. The second kappa shape index (κ2) is 10.4. The second-order valence-corrected chi connectivity index (χ2v) is 8.93. The van der Waals surface area contributed by atoms with E-state index < -0.39 is 12.0 Å². The third-order valence-corrected chi connectivity index (χ3v) is 6.89. The fourth-order valence-corrected chi connectivity index (χ4v) is 5.17. The van der Waals surface area contributed by atoms with Gasteiger partial charge >= 0.3 is 5.97 Å². The van der Waals surface area contributed by atoms with E-state index in [4.69, 9.17) is 13.9 Å². The van der Waals surface area contributed by atoms with Crippen molar-refractivity contribution in [2.45, 2.75) is 33.7 Å². The summed E-state index contributed by atoms with van der Waals surface area (Å²) in [6.07, 6.45) is 1.73. The van der Waals surface area contributed by atoms with Gasteiger partial charge in [-0.2, -0.15) is 0 Å². The Labute approximate surface area is 207 Å². The van der Waals surface area contributed by atoms with Gasteiger partial charge in [-0.1, -0.05) is 23.5 Å². The van der Waals surface area contributed by atoms with Crippen LogP contribution in [-0.4, -0.2) is 37.3 Å². The highest BCUT2D eigenvalue weighted by Gasteiger charge is 2.33. The van der Waals surface area contributed by atoms with Gasteiger partial charge in [0.2, 0.25) is 0 Å². The van der Waals surface area contributed by atoms with E-state index in [-0.39, 0.29) is 12.2 Å². The summed E-state index contributed by atoms with van der Waals surface area (Å²) in [7, 11) is 1.59. The number of aromatic nitrogens is 1. The molecule has 4 rings (SSSR count). The van der Waals surface area contributed by atoms with Crippen LogP contribution in [0.2, 0.25) is 0 Å². The van der Waals surface area contributed by atoms with Crippen molar-refractivity contribution in [3.8, 4) is 5.75 Å². The van der Waals surface area contributed by atoms with Crippen molar-refractivity contribution < 1.29 is 18.7 Å². The number of nitrogens with zero attached hydrogens (tertiary/aromatic N) is 3. The van der Waals surface area contributed by atoms with Crippen LogP contribution in [0.5, 0.6) is 5.75 Å². The molecule has 0 unspecified atom stereocenters. The summed E-state index contributed by atoms with van der Waals surface area (Å²) in [5.41, 5.74) is 1.39. The maximum atomic E-state index is 13.6. The van der Waals surface area contributed by atoms with Crippen LogP contribution in [0, 0.1) is 0 Å². The van der Waals surface area contributed by atoms with Crippen LogP contribution in [0.15, 0.2) is 61.9 Å². The van der Waals surface area contributed by atoms with Crippen molar-refractivity contribution in [1.82, 2.24) is 4.57 Å². The normalized spacial score (nSPS) is 15.6. The SMILES string of the molecule is CCOC(=O)C1=C(C)N=c2sc(=Cc3ccc(N(CC)CC)o3)c(=O)n2[C@H]1c1ccc(OC)cc1. The third-order valence-electron chi connectivity index (χ3n) is 5.91. The summed E-state index contributed by atoms with van der Waals surface area (Å²) in [6.45, 7) is 9.51. The Kier molecular flexibility index (Phi) is 7.25. The molecule has 0 saturated carbocycles. The van der Waals surface area contributed by atoms with Gasteiger partial charge in [0, 0.05) is 25.2 Å². The lowest BCUT2D eigenvalue weighted by molar-refractivity contribution is -0.139. The van der Waals surface area contributed by atoms with Crippen LogP contribution in [0.3, 0.4) is 0 Å². The Morgan fingerprint density at radius 2 is 1.89 bits per heavy atom. The molecular formula is C26H29N3O5S. The second-order valence-electron chi connectivity index (χ2n) is 7.92. The third kappa shape index (κ3) is 4.68. The number of furan rings is 1. The van der Waals surface area contributed by atoms with Gasteiger partial charge in [0.1, 0.15) is 11.5 Å². The summed E-state index contributed by atoms with van der Waals surface area (Å²) in [6, 6.07) is 10.4. The number of carbonyl (C=O) groups excluding carboxylic acids is 1. The zero-order valence-electron chi connectivity index (χ0n) is 20.5. The topological polar surface area (TPSA) is 86.3 Å². The number of hydrogen-bond donors (Lipinski definition) is 0. The van der Waals surface area contributed by atoms with Gasteiger partial charge in [-0.15, -0.1) is 0 Å². The molecule has 9 heteroatoms. The summed E-state index contributed by atoms with van der Waals surface area (Å²) in [5, 5.41) is 0. The number of rotatable bonds is 8. The zero-order valence-corrected chi connectivity index (χ0v) is 21.3. The fourth-order valence-electron chi connectivity index (χ4n) is 4.15. The quantitative estimate of drug-likeness (QED) is 0.446. The van der Waals surface area contributed by atoms with E-state index in [1.54, 1.807) is 43.7 Å². The molecule has 0 N–H and O–H groups in total. The Balaban J connectivity index is 1.87. The Morgan fingerprint density at radius 3 is 2.51 bits per heavy atom. The van der Waals surface area contributed by atoms with E-state index in [9.17, 15) is 9.59 Å². The molecule has 2 aromatic heterocycles. The summed E-state index contributed by atoms with van der Waals surface area (Å²) < 4.78 is 18.6. The summed E-state index contributed by atoms with van der Waals surface area (Å²) >= 11 is 1.27. The number of esters is 1. The molecule has 0 aliphatic carbocycles. The van der Waals surface area contributed by atoms with Crippen molar-refractivity contribution >= 4 is 29.3 Å². The molecule has 0 amide bonds. The van der Waals surface area contributed by atoms with Crippen LogP contribution in [-0.2, 0) is 9.53 Å². The lowest BCUT2D eigenvalue weighted by Gasteiger charge is -2.24. The lowest BCUT2D eigenvalue weighted by atomic mass is 9.96. The highest BCUT2D eigenvalue weighted by Crippen LogP contribution is 2.31. The van der Waals surface area contributed by atoms with E-state index in [0.29, 0.717) is 32.1 Å². The van der Waals surface area contributed by atoms with Gasteiger partial charge in [-0.05, 0) is 51.5 Å². The molecule has 3 aromatic rings. The standard InChI is InChI=1S/C26H29N3O5S/c1-6-28(7-2)21-14-13-19(34-21)15-20-24(30)29-23(17-9-11-18(32-5)12-10-17)22(25(31)33-8-3)16(4)27-26(29)35-20/h9-15,23H,6-8H2,1-5H3/t23-/m0/s1. The molecule has 0 spiro atoms. The number of carbonyl (C=O) groups is 1. The average Bonchev–Trinajstić information content (AvgIpc) is 3.43. The van der Waals surface area contributed by atoms with Crippen LogP contribution in [0.25, 0.3) is 6.08 Å². The van der Waals surface area contributed by atoms with Gasteiger partial charge < -0.3 is 18.8 Å². The van der Waals surface area contributed by atoms with E-state index in [1.807, 2.05) is 24.3 Å². The average molecular weight is 496 g/mol. The maximum Gasteiger partial charge on any atom is 0.338 e. The molecule has 1 aliphatic heterocycles. The van der Waals surface area contributed by atoms with Crippen LogP contribution in [0.1, 0.15) is 45.1 Å².